The number of carbonyl (C=O) groups excluding carboxylic acids is 1. The van der Waals surface area contributed by atoms with Crippen LogP contribution in [-0.4, -0.2) is 33.5 Å². The number of piperidine rings is 1. The molecule has 1 aliphatic heterocycles. The van der Waals surface area contributed by atoms with E-state index in [0.29, 0.717) is 21.7 Å². The van der Waals surface area contributed by atoms with Crippen LogP contribution in [0, 0.1) is 11.8 Å². The van der Waals surface area contributed by atoms with E-state index >= 15 is 0 Å². The molecule has 0 spiro atoms. The van der Waals surface area contributed by atoms with Crippen molar-refractivity contribution in [2.45, 2.75) is 32.1 Å². The molecule has 0 aliphatic carbocycles. The van der Waals surface area contributed by atoms with Crippen molar-refractivity contribution in [1.29, 1.82) is 0 Å². The van der Waals surface area contributed by atoms with Crippen molar-refractivity contribution in [3.8, 4) is 0 Å². The summed E-state index contributed by atoms with van der Waals surface area (Å²) < 4.78 is 24.2. The summed E-state index contributed by atoms with van der Waals surface area (Å²) in [4.78, 5) is 14.2. The summed E-state index contributed by atoms with van der Waals surface area (Å²) in [6.07, 6.45) is 2.28. The highest BCUT2D eigenvalue weighted by Gasteiger charge is 2.31. The molecule has 118 valence electrons. The molecule has 1 aromatic rings. The van der Waals surface area contributed by atoms with Gasteiger partial charge in [-0.05, 0) is 18.3 Å². The van der Waals surface area contributed by atoms with Crippen LogP contribution in [0.5, 0.6) is 0 Å². The zero-order valence-corrected chi connectivity index (χ0v) is 14.5. The lowest BCUT2D eigenvalue weighted by Crippen LogP contribution is -2.38. The average Bonchev–Trinajstić information content (AvgIpc) is 2.65. The molecular weight excluding hydrogens is 308 g/mol. The standard InChI is InChI=1S/C14H22N2O3S2/c1-8-5-9(2)7-16(6-8)14-13(21(4,18)19)11(15)12(20-14)10(3)17/h8-9H,5-7,15H2,1-4H3. The van der Waals surface area contributed by atoms with Crippen molar-refractivity contribution in [2.24, 2.45) is 11.8 Å². The molecule has 0 aromatic carbocycles. The number of thiophene rings is 1. The number of anilines is 2. The normalized spacial score (nSPS) is 23.3. The molecule has 5 nitrogen and oxygen atoms in total. The molecule has 2 atom stereocenters. The van der Waals surface area contributed by atoms with Gasteiger partial charge in [-0.15, -0.1) is 11.3 Å². The largest absolute Gasteiger partial charge is 0.396 e. The second-order valence-electron chi connectivity index (χ2n) is 6.16. The smallest absolute Gasteiger partial charge is 0.180 e. The van der Waals surface area contributed by atoms with Crippen LogP contribution in [0.1, 0.15) is 36.9 Å². The molecule has 0 amide bonds. The Morgan fingerprint density at radius 3 is 2.24 bits per heavy atom. The third-order valence-corrected chi connectivity index (χ3v) is 6.38. The number of nitrogens with zero attached hydrogens (tertiary/aromatic N) is 1. The van der Waals surface area contributed by atoms with Crippen molar-refractivity contribution in [2.75, 3.05) is 30.0 Å². The van der Waals surface area contributed by atoms with Crippen molar-refractivity contribution in [3.63, 3.8) is 0 Å². The summed E-state index contributed by atoms with van der Waals surface area (Å²) in [6, 6.07) is 0. The molecule has 1 aromatic heterocycles. The van der Waals surface area contributed by atoms with Crippen molar-refractivity contribution in [3.05, 3.63) is 4.88 Å². The van der Waals surface area contributed by atoms with E-state index in [1.165, 1.54) is 18.3 Å². The van der Waals surface area contributed by atoms with Crippen LogP contribution in [-0.2, 0) is 9.84 Å². The molecule has 2 heterocycles. The van der Waals surface area contributed by atoms with Crippen LogP contribution in [0.3, 0.4) is 0 Å². The molecule has 2 N–H and O–H groups in total. The van der Waals surface area contributed by atoms with Crippen molar-refractivity contribution >= 4 is 37.6 Å². The highest BCUT2D eigenvalue weighted by molar-refractivity contribution is 7.91. The number of nitrogens with two attached hydrogens (primary N) is 1. The lowest BCUT2D eigenvalue weighted by molar-refractivity contribution is 0.102. The Balaban J connectivity index is 2.57. The zero-order chi connectivity index (χ0) is 15.9. The Morgan fingerprint density at radius 1 is 1.29 bits per heavy atom. The first kappa shape index (κ1) is 16.3. The lowest BCUT2D eigenvalue weighted by atomic mass is 9.92. The van der Waals surface area contributed by atoms with Crippen molar-refractivity contribution in [1.82, 2.24) is 0 Å². The SMILES string of the molecule is CC(=O)c1sc(N2CC(C)CC(C)C2)c(S(C)(=O)=O)c1N. The van der Waals surface area contributed by atoms with Gasteiger partial charge in [0.25, 0.3) is 0 Å². The Bertz CT molecular complexity index is 654. The number of rotatable bonds is 3. The maximum absolute atomic E-state index is 12.1. The number of carbonyl (C=O) groups is 1. The van der Waals surface area contributed by atoms with E-state index in [1.54, 1.807) is 0 Å². The minimum Gasteiger partial charge on any atom is -0.396 e. The highest BCUT2D eigenvalue weighted by atomic mass is 32.2. The molecule has 7 heteroatoms. The summed E-state index contributed by atoms with van der Waals surface area (Å²) in [5, 5.41) is 0.624. The average molecular weight is 330 g/mol. The van der Waals surface area contributed by atoms with Crippen LogP contribution < -0.4 is 10.6 Å². The van der Waals surface area contributed by atoms with E-state index in [1.807, 2.05) is 0 Å². The van der Waals surface area contributed by atoms with Crippen molar-refractivity contribution < 1.29 is 13.2 Å². The second kappa shape index (κ2) is 5.61. The lowest BCUT2D eigenvalue weighted by Gasteiger charge is -2.36. The summed E-state index contributed by atoms with van der Waals surface area (Å²) in [6.45, 7) is 7.32. The minimum absolute atomic E-state index is 0.107. The van der Waals surface area contributed by atoms with Gasteiger partial charge in [-0.3, -0.25) is 4.79 Å². The Morgan fingerprint density at radius 2 is 1.81 bits per heavy atom. The third-order valence-electron chi connectivity index (χ3n) is 3.73. The summed E-state index contributed by atoms with van der Waals surface area (Å²) in [5.74, 6) is 0.794. The Labute approximate surface area is 130 Å². The second-order valence-corrected chi connectivity index (χ2v) is 9.11. The van der Waals surface area contributed by atoms with Gasteiger partial charge in [0.05, 0.1) is 10.6 Å². The fourth-order valence-corrected chi connectivity index (χ4v) is 5.69. The van der Waals surface area contributed by atoms with E-state index < -0.39 is 9.84 Å². The summed E-state index contributed by atoms with van der Waals surface area (Å²) >= 11 is 1.20. The molecule has 2 unspecified atom stereocenters. The van der Waals surface area contributed by atoms with Crippen LogP contribution in [0.25, 0.3) is 0 Å². The fourth-order valence-electron chi connectivity index (χ4n) is 3.07. The topological polar surface area (TPSA) is 80.5 Å². The first-order chi connectivity index (χ1) is 9.61. The quantitative estimate of drug-likeness (QED) is 0.861. The summed E-state index contributed by atoms with van der Waals surface area (Å²) in [5.41, 5.74) is 6.06. The van der Waals surface area contributed by atoms with Gasteiger partial charge in [0, 0.05) is 26.3 Å². The van der Waals surface area contributed by atoms with E-state index in [-0.39, 0.29) is 16.4 Å². The minimum atomic E-state index is -3.47. The van der Waals surface area contributed by atoms with E-state index in [2.05, 4.69) is 18.7 Å². The van der Waals surface area contributed by atoms with Crippen LogP contribution in [0.2, 0.25) is 0 Å². The number of hydrogen-bond acceptors (Lipinski definition) is 6. The van der Waals surface area contributed by atoms with Crippen LogP contribution in [0.4, 0.5) is 10.7 Å². The van der Waals surface area contributed by atoms with E-state index in [9.17, 15) is 13.2 Å². The Kier molecular flexibility index (Phi) is 4.35. The van der Waals surface area contributed by atoms with Gasteiger partial charge in [0.15, 0.2) is 15.6 Å². The predicted molar refractivity (Wildman–Crippen MR) is 87.0 cm³/mol. The molecule has 21 heavy (non-hydrogen) atoms. The van der Waals surface area contributed by atoms with Gasteiger partial charge in [-0.2, -0.15) is 0 Å². The Hall–Kier alpha value is -1.08. The maximum atomic E-state index is 12.1. The molecule has 2 rings (SSSR count). The molecular formula is C14H22N2O3S2. The van der Waals surface area contributed by atoms with E-state index in [0.717, 1.165) is 25.8 Å². The molecule has 0 bridgehead atoms. The third kappa shape index (κ3) is 3.23. The number of ketones is 1. The van der Waals surface area contributed by atoms with E-state index in [4.69, 9.17) is 5.73 Å². The number of Topliss-reactive ketones (excluding diaryl/α,β-unsaturated/α-hetero) is 1. The highest BCUT2D eigenvalue weighted by Crippen LogP contribution is 2.43. The van der Waals surface area contributed by atoms with Gasteiger partial charge in [0.1, 0.15) is 9.90 Å². The van der Waals surface area contributed by atoms with Gasteiger partial charge in [-0.25, -0.2) is 8.42 Å². The predicted octanol–water partition coefficient (Wildman–Crippen LogP) is 2.42. The monoisotopic (exact) mass is 330 g/mol. The zero-order valence-electron chi connectivity index (χ0n) is 12.8. The molecule has 1 saturated heterocycles. The molecule has 0 saturated carbocycles. The van der Waals surface area contributed by atoms with Gasteiger partial charge >= 0.3 is 0 Å². The van der Waals surface area contributed by atoms with Gasteiger partial charge in [-0.1, -0.05) is 13.8 Å². The number of sulfone groups is 1. The molecule has 0 radical (unpaired) electrons. The maximum Gasteiger partial charge on any atom is 0.180 e. The first-order valence-electron chi connectivity index (χ1n) is 6.99. The van der Waals surface area contributed by atoms with Gasteiger partial charge < -0.3 is 10.6 Å². The number of nitrogen functional groups attached to an aromatic ring is 1. The number of hydrogen-bond donors (Lipinski definition) is 1. The molecule has 1 aliphatic rings. The summed E-state index contributed by atoms with van der Waals surface area (Å²) in [7, 11) is -3.47. The van der Waals surface area contributed by atoms with Gasteiger partial charge in [0.2, 0.25) is 0 Å². The van der Waals surface area contributed by atoms with Crippen LogP contribution in [0.15, 0.2) is 4.90 Å². The fraction of sp³-hybridized carbons (Fsp3) is 0.643. The van der Waals surface area contributed by atoms with Crippen LogP contribution >= 0.6 is 11.3 Å². The first-order valence-corrected chi connectivity index (χ1v) is 9.70. The molecule has 1 fully saturated rings.